The van der Waals surface area contributed by atoms with Crippen LogP contribution in [0.3, 0.4) is 0 Å². The molecule has 2 N–H and O–H groups in total. The van der Waals surface area contributed by atoms with Gasteiger partial charge in [0, 0.05) is 6.42 Å². The van der Waals surface area contributed by atoms with Crippen molar-refractivity contribution in [3.05, 3.63) is 0 Å². The summed E-state index contributed by atoms with van der Waals surface area (Å²) in [6, 6.07) is 0. The zero-order chi connectivity index (χ0) is 5.28. The zero-order valence-electron chi connectivity index (χ0n) is 4.59. The molecule has 0 unspecified atom stereocenters. The molecule has 0 radical (unpaired) electrons. The largest absolute Gasteiger partial charge is 0.370 e. The highest BCUT2D eigenvalue weighted by molar-refractivity contribution is 5.85. The van der Waals surface area contributed by atoms with E-state index in [1.807, 2.05) is 0 Å². The van der Waals surface area contributed by atoms with E-state index in [9.17, 15) is 4.79 Å². The summed E-state index contributed by atoms with van der Waals surface area (Å²) >= 11 is 0. The Hall–Kier alpha value is -0.240. The highest BCUT2D eigenvalue weighted by atomic mass is 35.5. The summed E-state index contributed by atoms with van der Waals surface area (Å²) in [4.78, 5) is 10.1. The van der Waals surface area contributed by atoms with Gasteiger partial charge in [0.25, 0.3) is 0 Å². The van der Waals surface area contributed by atoms with E-state index in [-0.39, 0.29) is 18.3 Å². The summed E-state index contributed by atoms with van der Waals surface area (Å²) in [5.74, 6) is 0.500. The Morgan fingerprint density at radius 3 is 2.25 bits per heavy atom. The van der Waals surface area contributed by atoms with Gasteiger partial charge in [-0.05, 0) is 18.8 Å². The van der Waals surface area contributed by atoms with E-state index in [2.05, 4.69) is 0 Å². The van der Waals surface area contributed by atoms with Gasteiger partial charge in [0.1, 0.15) is 0 Å². The lowest BCUT2D eigenvalue weighted by Gasteiger charge is -1.84. The van der Waals surface area contributed by atoms with Crippen molar-refractivity contribution in [2.45, 2.75) is 19.3 Å². The smallest absolute Gasteiger partial charge is 0.217 e. The molecule has 0 heterocycles. The fourth-order valence-corrected chi connectivity index (χ4v) is 0.606. The third kappa shape index (κ3) is 2.86. The molecule has 0 aliphatic heterocycles. The van der Waals surface area contributed by atoms with Gasteiger partial charge < -0.3 is 5.73 Å². The Labute approximate surface area is 54.8 Å². The number of carbonyl (C=O) groups excluding carboxylic acids is 1. The van der Waals surface area contributed by atoms with Gasteiger partial charge in [-0.15, -0.1) is 12.4 Å². The molecule has 1 amide bonds. The van der Waals surface area contributed by atoms with E-state index in [0.717, 1.165) is 0 Å². The van der Waals surface area contributed by atoms with Crippen LogP contribution >= 0.6 is 12.4 Å². The van der Waals surface area contributed by atoms with E-state index in [0.29, 0.717) is 12.3 Å². The molecule has 1 fully saturated rings. The molecule has 0 aromatic rings. The topological polar surface area (TPSA) is 43.1 Å². The van der Waals surface area contributed by atoms with Crippen LogP contribution in [0.1, 0.15) is 19.3 Å². The van der Waals surface area contributed by atoms with Crippen LogP contribution in [0.15, 0.2) is 0 Å². The summed E-state index contributed by atoms with van der Waals surface area (Å²) < 4.78 is 0. The van der Waals surface area contributed by atoms with Crippen LogP contribution < -0.4 is 5.73 Å². The normalized spacial score (nSPS) is 17.0. The van der Waals surface area contributed by atoms with Crippen LogP contribution in [-0.4, -0.2) is 5.91 Å². The molecule has 1 saturated carbocycles. The van der Waals surface area contributed by atoms with Crippen molar-refractivity contribution in [3.8, 4) is 0 Å². The molecular weight excluding hydrogens is 126 g/mol. The molecule has 0 atom stereocenters. The average molecular weight is 136 g/mol. The summed E-state index contributed by atoms with van der Waals surface area (Å²) in [6.07, 6.45) is 3.03. The second kappa shape index (κ2) is 2.92. The second-order valence-corrected chi connectivity index (χ2v) is 2.11. The minimum Gasteiger partial charge on any atom is -0.370 e. The minimum atomic E-state index is -0.150. The van der Waals surface area contributed by atoms with Crippen molar-refractivity contribution in [3.63, 3.8) is 0 Å². The van der Waals surface area contributed by atoms with Gasteiger partial charge in [-0.2, -0.15) is 0 Å². The molecular formula is C5H10ClNO. The summed E-state index contributed by atoms with van der Waals surface area (Å²) in [5.41, 5.74) is 4.89. The highest BCUT2D eigenvalue weighted by Crippen LogP contribution is 2.31. The fourth-order valence-electron chi connectivity index (χ4n) is 0.606. The quantitative estimate of drug-likeness (QED) is 0.595. The fraction of sp³-hybridized carbons (Fsp3) is 0.800. The van der Waals surface area contributed by atoms with Gasteiger partial charge in [0.05, 0.1) is 0 Å². The molecule has 1 rings (SSSR count). The van der Waals surface area contributed by atoms with Crippen LogP contribution in [0, 0.1) is 5.92 Å². The molecule has 0 spiro atoms. The van der Waals surface area contributed by atoms with E-state index in [4.69, 9.17) is 5.73 Å². The SMILES string of the molecule is Cl.NC(=O)CC1CC1. The molecule has 3 heteroatoms. The molecule has 48 valence electrons. The number of halogens is 1. The van der Waals surface area contributed by atoms with Crippen LogP contribution in [0.25, 0.3) is 0 Å². The highest BCUT2D eigenvalue weighted by Gasteiger charge is 2.22. The number of hydrogen-bond acceptors (Lipinski definition) is 1. The summed E-state index contributed by atoms with van der Waals surface area (Å²) in [7, 11) is 0. The zero-order valence-corrected chi connectivity index (χ0v) is 5.41. The first-order valence-corrected chi connectivity index (χ1v) is 2.57. The summed E-state index contributed by atoms with van der Waals surface area (Å²) in [6.45, 7) is 0. The molecule has 0 bridgehead atoms. The number of rotatable bonds is 2. The van der Waals surface area contributed by atoms with E-state index in [1.165, 1.54) is 12.8 Å². The van der Waals surface area contributed by atoms with Gasteiger partial charge in [-0.3, -0.25) is 4.79 Å². The Morgan fingerprint density at radius 2 is 2.12 bits per heavy atom. The second-order valence-electron chi connectivity index (χ2n) is 2.11. The number of carbonyl (C=O) groups is 1. The first-order chi connectivity index (χ1) is 3.29. The lowest BCUT2D eigenvalue weighted by Crippen LogP contribution is -2.10. The Morgan fingerprint density at radius 1 is 1.62 bits per heavy atom. The Balaban J connectivity index is 0.000000490. The van der Waals surface area contributed by atoms with Crippen molar-refractivity contribution < 1.29 is 4.79 Å². The number of primary amides is 1. The molecule has 0 saturated heterocycles. The van der Waals surface area contributed by atoms with Gasteiger partial charge in [0.2, 0.25) is 5.91 Å². The van der Waals surface area contributed by atoms with Crippen molar-refractivity contribution in [2.75, 3.05) is 0 Å². The Kier molecular flexibility index (Phi) is 2.84. The molecule has 1 aliphatic rings. The van der Waals surface area contributed by atoms with Gasteiger partial charge in [-0.1, -0.05) is 0 Å². The van der Waals surface area contributed by atoms with Crippen molar-refractivity contribution in [2.24, 2.45) is 11.7 Å². The first kappa shape index (κ1) is 7.76. The van der Waals surface area contributed by atoms with Crippen LogP contribution in [0.5, 0.6) is 0 Å². The average Bonchev–Trinajstić information content (AvgIpc) is 2.17. The predicted molar refractivity (Wildman–Crippen MR) is 33.8 cm³/mol. The monoisotopic (exact) mass is 135 g/mol. The van der Waals surface area contributed by atoms with E-state index >= 15 is 0 Å². The first-order valence-electron chi connectivity index (χ1n) is 2.57. The number of amides is 1. The van der Waals surface area contributed by atoms with Gasteiger partial charge in [-0.25, -0.2) is 0 Å². The van der Waals surface area contributed by atoms with E-state index in [1.54, 1.807) is 0 Å². The molecule has 1 aliphatic carbocycles. The third-order valence-corrected chi connectivity index (χ3v) is 1.19. The van der Waals surface area contributed by atoms with Crippen molar-refractivity contribution >= 4 is 18.3 Å². The molecule has 2 nitrogen and oxygen atoms in total. The maximum absolute atomic E-state index is 10.1. The van der Waals surface area contributed by atoms with Crippen LogP contribution in [-0.2, 0) is 4.79 Å². The minimum absolute atomic E-state index is 0. The lowest BCUT2D eigenvalue weighted by atomic mass is 10.3. The van der Waals surface area contributed by atoms with Gasteiger partial charge in [0.15, 0.2) is 0 Å². The number of nitrogens with two attached hydrogens (primary N) is 1. The number of hydrogen-bond donors (Lipinski definition) is 1. The van der Waals surface area contributed by atoms with Crippen molar-refractivity contribution in [1.82, 2.24) is 0 Å². The maximum atomic E-state index is 10.1. The predicted octanol–water partition coefficient (Wildman–Crippen LogP) is 0.694. The van der Waals surface area contributed by atoms with Crippen LogP contribution in [0.2, 0.25) is 0 Å². The van der Waals surface area contributed by atoms with Crippen molar-refractivity contribution in [1.29, 1.82) is 0 Å². The summed E-state index contributed by atoms with van der Waals surface area (Å²) in [5, 5.41) is 0. The third-order valence-electron chi connectivity index (χ3n) is 1.19. The van der Waals surface area contributed by atoms with Gasteiger partial charge >= 0.3 is 0 Å². The lowest BCUT2D eigenvalue weighted by molar-refractivity contribution is -0.118. The van der Waals surface area contributed by atoms with Crippen LogP contribution in [0.4, 0.5) is 0 Å². The van der Waals surface area contributed by atoms with E-state index < -0.39 is 0 Å². The molecule has 0 aromatic heterocycles. The Bertz CT molecular complexity index is 90.4. The molecule has 0 aromatic carbocycles. The molecule has 8 heavy (non-hydrogen) atoms. The maximum Gasteiger partial charge on any atom is 0.217 e. The standard InChI is InChI=1S/C5H9NO.ClH/c6-5(7)3-4-1-2-4;/h4H,1-3H2,(H2,6,7);1H.